The normalized spacial score (nSPS) is 13.8. The van der Waals surface area contributed by atoms with Crippen LogP contribution in [0, 0.1) is 19.7 Å². The Morgan fingerprint density at radius 3 is 2.58 bits per heavy atom. The summed E-state index contributed by atoms with van der Waals surface area (Å²) in [5, 5.41) is 0. The number of halogens is 1. The van der Waals surface area contributed by atoms with Crippen molar-refractivity contribution in [3.05, 3.63) is 58.9 Å². The van der Waals surface area contributed by atoms with E-state index < -0.39 is 0 Å². The molecule has 96 valence electrons. The molecule has 0 saturated carbocycles. The maximum Gasteiger partial charge on any atom is 0.236 e. The van der Waals surface area contributed by atoms with Crippen LogP contribution in [0.4, 0.5) is 15.8 Å². The van der Waals surface area contributed by atoms with Crippen LogP contribution in [0.3, 0.4) is 0 Å². The molecule has 1 amide bonds. The minimum Gasteiger partial charge on any atom is -0.280 e. The molecule has 3 rings (SSSR count). The van der Waals surface area contributed by atoms with Gasteiger partial charge in [0.25, 0.3) is 0 Å². The lowest BCUT2D eigenvalue weighted by Gasteiger charge is -2.18. The first-order valence-electron chi connectivity index (χ1n) is 6.25. The quantitative estimate of drug-likeness (QED) is 0.761. The molecular formula is C16H14FNO. The fraction of sp³-hybridized carbons (Fsp3) is 0.188. The van der Waals surface area contributed by atoms with Gasteiger partial charge in [0, 0.05) is 5.69 Å². The molecule has 0 fully saturated rings. The van der Waals surface area contributed by atoms with Crippen LogP contribution in [0.1, 0.15) is 16.7 Å². The van der Waals surface area contributed by atoms with Crippen molar-refractivity contribution >= 4 is 17.3 Å². The topological polar surface area (TPSA) is 20.3 Å². The molecule has 0 atom stereocenters. The van der Waals surface area contributed by atoms with E-state index in [1.807, 2.05) is 32.0 Å². The van der Waals surface area contributed by atoms with E-state index in [1.54, 1.807) is 11.0 Å². The monoisotopic (exact) mass is 255 g/mol. The van der Waals surface area contributed by atoms with Gasteiger partial charge in [-0.2, -0.15) is 0 Å². The predicted molar refractivity (Wildman–Crippen MR) is 73.2 cm³/mol. The average Bonchev–Trinajstić information content (AvgIpc) is 2.68. The van der Waals surface area contributed by atoms with Crippen molar-refractivity contribution < 1.29 is 9.18 Å². The number of fused-ring (bicyclic) bond motifs is 1. The van der Waals surface area contributed by atoms with E-state index in [0.717, 1.165) is 22.5 Å². The molecular weight excluding hydrogens is 241 g/mol. The van der Waals surface area contributed by atoms with Crippen LogP contribution >= 0.6 is 0 Å². The third-order valence-electron chi connectivity index (χ3n) is 3.62. The molecule has 1 heterocycles. The molecule has 2 aromatic carbocycles. The van der Waals surface area contributed by atoms with Gasteiger partial charge in [-0.25, -0.2) is 4.39 Å². The molecule has 2 aromatic rings. The van der Waals surface area contributed by atoms with Gasteiger partial charge in [-0.15, -0.1) is 0 Å². The van der Waals surface area contributed by atoms with Crippen molar-refractivity contribution in [2.45, 2.75) is 20.3 Å². The van der Waals surface area contributed by atoms with Crippen LogP contribution in [-0.4, -0.2) is 5.91 Å². The number of rotatable bonds is 1. The van der Waals surface area contributed by atoms with Gasteiger partial charge in [-0.3, -0.25) is 9.69 Å². The van der Waals surface area contributed by atoms with Gasteiger partial charge in [0.1, 0.15) is 5.82 Å². The Hall–Kier alpha value is -2.16. The zero-order valence-corrected chi connectivity index (χ0v) is 10.9. The Balaban J connectivity index is 2.11. The molecule has 1 aliphatic rings. The minimum atomic E-state index is -0.298. The number of aryl methyl sites for hydroxylation is 2. The van der Waals surface area contributed by atoms with E-state index in [-0.39, 0.29) is 18.1 Å². The summed E-state index contributed by atoms with van der Waals surface area (Å²) in [6.45, 7) is 4.05. The maximum absolute atomic E-state index is 13.2. The molecule has 0 N–H and O–H groups in total. The van der Waals surface area contributed by atoms with E-state index >= 15 is 0 Å². The molecule has 0 spiro atoms. The second kappa shape index (κ2) is 4.19. The van der Waals surface area contributed by atoms with Gasteiger partial charge in [-0.05, 0) is 60.9 Å². The van der Waals surface area contributed by atoms with Crippen molar-refractivity contribution in [2.75, 3.05) is 4.90 Å². The lowest BCUT2D eigenvalue weighted by atomic mass is 10.1. The highest BCUT2D eigenvalue weighted by atomic mass is 19.1. The largest absolute Gasteiger partial charge is 0.280 e. The van der Waals surface area contributed by atoms with Gasteiger partial charge in [-0.1, -0.05) is 6.07 Å². The number of nitrogens with zero attached hydrogens (tertiary/aromatic N) is 1. The van der Waals surface area contributed by atoms with Crippen LogP contribution in [-0.2, 0) is 11.2 Å². The van der Waals surface area contributed by atoms with Crippen LogP contribution in [0.2, 0.25) is 0 Å². The standard InChI is InChI=1S/C16H14FNO/c1-10-3-5-14(7-11(10)2)18-15-6-4-13(17)8-12(15)9-16(18)19/h3-8H,9H2,1-2H3. The molecule has 2 nitrogen and oxygen atoms in total. The molecule has 1 aliphatic heterocycles. The molecule has 19 heavy (non-hydrogen) atoms. The average molecular weight is 255 g/mol. The number of hydrogen-bond donors (Lipinski definition) is 0. The van der Waals surface area contributed by atoms with Crippen molar-refractivity contribution in [3.8, 4) is 0 Å². The van der Waals surface area contributed by atoms with Crippen molar-refractivity contribution in [2.24, 2.45) is 0 Å². The van der Waals surface area contributed by atoms with Gasteiger partial charge in [0.2, 0.25) is 5.91 Å². The Labute approximate surface area is 111 Å². The molecule has 0 radical (unpaired) electrons. The SMILES string of the molecule is Cc1ccc(N2C(=O)Cc3cc(F)ccc32)cc1C. The number of benzene rings is 2. The minimum absolute atomic E-state index is 0.0103. The summed E-state index contributed by atoms with van der Waals surface area (Å²) in [7, 11) is 0. The lowest BCUT2D eigenvalue weighted by molar-refractivity contribution is -0.116. The van der Waals surface area contributed by atoms with E-state index in [4.69, 9.17) is 0 Å². The van der Waals surface area contributed by atoms with E-state index in [9.17, 15) is 9.18 Å². The third kappa shape index (κ3) is 1.91. The second-order valence-electron chi connectivity index (χ2n) is 4.95. The number of carbonyl (C=O) groups excluding carboxylic acids is 1. The number of hydrogen-bond acceptors (Lipinski definition) is 1. The Kier molecular flexibility index (Phi) is 2.63. The molecule has 0 unspecified atom stereocenters. The maximum atomic E-state index is 13.2. The van der Waals surface area contributed by atoms with Gasteiger partial charge in [0.05, 0.1) is 12.1 Å². The molecule has 0 aromatic heterocycles. The fourth-order valence-electron chi connectivity index (χ4n) is 2.44. The van der Waals surface area contributed by atoms with Gasteiger partial charge < -0.3 is 0 Å². The predicted octanol–water partition coefficient (Wildman–Crippen LogP) is 3.66. The van der Waals surface area contributed by atoms with Gasteiger partial charge >= 0.3 is 0 Å². The summed E-state index contributed by atoms with van der Waals surface area (Å²) in [5.74, 6) is -0.308. The summed E-state index contributed by atoms with van der Waals surface area (Å²) >= 11 is 0. The van der Waals surface area contributed by atoms with E-state index in [0.29, 0.717) is 0 Å². The summed E-state index contributed by atoms with van der Waals surface area (Å²) in [6.07, 6.45) is 0.264. The Morgan fingerprint density at radius 2 is 1.84 bits per heavy atom. The second-order valence-corrected chi connectivity index (χ2v) is 4.95. The van der Waals surface area contributed by atoms with Crippen LogP contribution < -0.4 is 4.90 Å². The summed E-state index contributed by atoms with van der Waals surface area (Å²) in [5.41, 5.74) is 4.71. The summed E-state index contributed by atoms with van der Waals surface area (Å²) < 4.78 is 13.2. The van der Waals surface area contributed by atoms with Crippen molar-refractivity contribution in [1.29, 1.82) is 0 Å². The summed E-state index contributed by atoms with van der Waals surface area (Å²) in [6, 6.07) is 10.4. The smallest absolute Gasteiger partial charge is 0.236 e. The Bertz CT molecular complexity index is 678. The Morgan fingerprint density at radius 1 is 1.05 bits per heavy atom. The van der Waals surface area contributed by atoms with Crippen LogP contribution in [0.25, 0.3) is 0 Å². The van der Waals surface area contributed by atoms with Gasteiger partial charge in [0.15, 0.2) is 0 Å². The third-order valence-corrected chi connectivity index (χ3v) is 3.62. The van der Waals surface area contributed by atoms with Crippen molar-refractivity contribution in [1.82, 2.24) is 0 Å². The first-order chi connectivity index (χ1) is 9.06. The first kappa shape index (κ1) is 11.9. The van der Waals surface area contributed by atoms with E-state index in [1.165, 1.54) is 17.7 Å². The molecule has 3 heteroatoms. The number of amides is 1. The molecule has 0 bridgehead atoms. The zero-order chi connectivity index (χ0) is 13.6. The number of carbonyl (C=O) groups is 1. The highest BCUT2D eigenvalue weighted by Crippen LogP contribution is 2.36. The zero-order valence-electron chi connectivity index (χ0n) is 10.9. The first-order valence-corrected chi connectivity index (χ1v) is 6.25. The fourth-order valence-corrected chi connectivity index (χ4v) is 2.44. The number of anilines is 2. The highest BCUT2D eigenvalue weighted by Gasteiger charge is 2.28. The highest BCUT2D eigenvalue weighted by molar-refractivity contribution is 6.07. The molecule has 0 saturated heterocycles. The van der Waals surface area contributed by atoms with Crippen LogP contribution in [0.5, 0.6) is 0 Å². The molecule has 0 aliphatic carbocycles. The van der Waals surface area contributed by atoms with Crippen molar-refractivity contribution in [3.63, 3.8) is 0 Å². The van der Waals surface area contributed by atoms with Crippen LogP contribution in [0.15, 0.2) is 36.4 Å². The summed E-state index contributed by atoms with van der Waals surface area (Å²) in [4.78, 5) is 13.8. The van der Waals surface area contributed by atoms with E-state index in [2.05, 4.69) is 0 Å². The lowest BCUT2D eigenvalue weighted by Crippen LogP contribution is -2.20.